The molecular weight excluding hydrogens is 443 g/mol. The number of nitro groups is 1. The van der Waals surface area contributed by atoms with E-state index < -0.39 is 16.6 Å². The van der Waals surface area contributed by atoms with Crippen molar-refractivity contribution in [2.24, 2.45) is 0 Å². The number of carbonyl (C=O) groups is 1. The molecule has 1 amide bonds. The summed E-state index contributed by atoms with van der Waals surface area (Å²) in [5.74, 6) is 0.237. The zero-order valence-corrected chi connectivity index (χ0v) is 17.6. The van der Waals surface area contributed by atoms with E-state index in [-0.39, 0.29) is 36.0 Å². The lowest BCUT2D eigenvalue weighted by atomic mass is 10.1. The number of hydrogen-bond donors (Lipinski definition) is 1. The van der Waals surface area contributed by atoms with Crippen molar-refractivity contribution in [3.8, 4) is 28.4 Å². The molecule has 0 radical (unpaired) electrons. The van der Waals surface area contributed by atoms with Crippen molar-refractivity contribution in [2.75, 3.05) is 6.79 Å². The van der Waals surface area contributed by atoms with E-state index in [4.69, 9.17) is 9.47 Å². The summed E-state index contributed by atoms with van der Waals surface area (Å²) in [6, 6.07) is 18.5. The van der Waals surface area contributed by atoms with Crippen LogP contribution in [0.15, 0.2) is 72.8 Å². The highest BCUT2D eigenvalue weighted by atomic mass is 19.1. The summed E-state index contributed by atoms with van der Waals surface area (Å²) < 4.78 is 26.3. The summed E-state index contributed by atoms with van der Waals surface area (Å²) in [4.78, 5) is 23.8. The lowest BCUT2D eigenvalue weighted by Crippen LogP contribution is -2.25. The van der Waals surface area contributed by atoms with Crippen LogP contribution in [0.25, 0.3) is 16.9 Å². The van der Waals surface area contributed by atoms with E-state index >= 15 is 0 Å². The van der Waals surface area contributed by atoms with E-state index in [1.807, 2.05) is 0 Å². The van der Waals surface area contributed by atoms with Crippen LogP contribution in [0.4, 0.5) is 10.1 Å². The van der Waals surface area contributed by atoms with Crippen molar-refractivity contribution in [2.45, 2.75) is 6.54 Å². The molecule has 4 aromatic rings. The number of halogens is 1. The molecule has 3 aromatic carbocycles. The van der Waals surface area contributed by atoms with Crippen LogP contribution in [0.3, 0.4) is 0 Å². The number of nitro benzene ring substituents is 1. The number of ether oxygens (including phenoxy) is 2. The predicted molar refractivity (Wildman–Crippen MR) is 119 cm³/mol. The first-order chi connectivity index (χ1) is 16.5. The minimum Gasteiger partial charge on any atom is -0.454 e. The van der Waals surface area contributed by atoms with E-state index in [2.05, 4.69) is 10.4 Å². The first kappa shape index (κ1) is 21.1. The maximum absolute atomic E-state index is 14.4. The van der Waals surface area contributed by atoms with Crippen LogP contribution in [0, 0.1) is 15.9 Å². The van der Waals surface area contributed by atoms with E-state index in [0.717, 1.165) is 5.56 Å². The third-order valence-electron chi connectivity index (χ3n) is 5.27. The third kappa shape index (κ3) is 4.04. The maximum atomic E-state index is 14.4. The molecule has 1 N–H and O–H groups in total. The zero-order valence-electron chi connectivity index (χ0n) is 17.6. The van der Waals surface area contributed by atoms with Gasteiger partial charge in [-0.3, -0.25) is 14.9 Å². The molecule has 0 fully saturated rings. The Hall–Kier alpha value is -4.73. The number of amides is 1. The maximum Gasteiger partial charge on any atom is 0.271 e. The fourth-order valence-electron chi connectivity index (χ4n) is 3.60. The van der Waals surface area contributed by atoms with E-state index in [9.17, 15) is 19.3 Å². The Morgan fingerprint density at radius 3 is 2.71 bits per heavy atom. The first-order valence-electron chi connectivity index (χ1n) is 10.3. The minimum absolute atomic E-state index is 0.0968. The molecule has 10 heteroatoms. The first-order valence-corrected chi connectivity index (χ1v) is 10.3. The molecule has 0 spiro atoms. The highest BCUT2D eigenvalue weighted by molar-refractivity contribution is 5.94. The molecule has 0 atom stereocenters. The highest BCUT2D eigenvalue weighted by Gasteiger charge is 2.21. The second-order valence-corrected chi connectivity index (χ2v) is 7.45. The molecule has 0 bridgehead atoms. The summed E-state index contributed by atoms with van der Waals surface area (Å²) in [6.07, 6.45) is 0. The molecule has 2 heterocycles. The van der Waals surface area contributed by atoms with Crippen LogP contribution < -0.4 is 14.8 Å². The molecule has 0 saturated heterocycles. The van der Waals surface area contributed by atoms with Crippen LogP contribution in [0.2, 0.25) is 0 Å². The highest BCUT2D eigenvalue weighted by Crippen LogP contribution is 2.32. The van der Waals surface area contributed by atoms with Gasteiger partial charge in [0.15, 0.2) is 11.5 Å². The molecule has 1 aliphatic heterocycles. The van der Waals surface area contributed by atoms with Crippen molar-refractivity contribution >= 4 is 11.6 Å². The van der Waals surface area contributed by atoms with Gasteiger partial charge in [-0.2, -0.15) is 5.10 Å². The molecule has 34 heavy (non-hydrogen) atoms. The SMILES string of the molecule is O=C(NCc1ccc2c(c1)OCO2)c1cc(-c2ccccc2F)nn1-c1cccc([N+](=O)[O-])c1. The molecule has 0 saturated carbocycles. The minimum atomic E-state index is -0.538. The number of benzene rings is 3. The van der Waals surface area contributed by atoms with E-state index in [1.54, 1.807) is 42.5 Å². The van der Waals surface area contributed by atoms with E-state index in [1.165, 1.54) is 35.0 Å². The van der Waals surface area contributed by atoms with Gasteiger partial charge in [0.2, 0.25) is 6.79 Å². The van der Waals surface area contributed by atoms with E-state index in [0.29, 0.717) is 17.2 Å². The van der Waals surface area contributed by atoms with Crippen molar-refractivity contribution < 1.29 is 23.6 Å². The van der Waals surface area contributed by atoms with Crippen LogP contribution >= 0.6 is 0 Å². The second-order valence-electron chi connectivity index (χ2n) is 7.45. The lowest BCUT2D eigenvalue weighted by Gasteiger charge is -2.09. The number of nitrogens with zero attached hydrogens (tertiary/aromatic N) is 3. The second kappa shape index (κ2) is 8.66. The molecule has 1 aliphatic rings. The summed E-state index contributed by atoms with van der Waals surface area (Å²) in [5.41, 5.74) is 1.44. The van der Waals surface area contributed by atoms with Gasteiger partial charge in [0, 0.05) is 24.2 Å². The number of aromatic nitrogens is 2. The van der Waals surface area contributed by atoms with Gasteiger partial charge in [-0.05, 0) is 42.0 Å². The number of hydrogen-bond acceptors (Lipinski definition) is 6. The van der Waals surface area contributed by atoms with Gasteiger partial charge >= 0.3 is 0 Å². The number of carbonyl (C=O) groups excluding carboxylic acids is 1. The van der Waals surface area contributed by atoms with Crippen LogP contribution in [0.5, 0.6) is 11.5 Å². The van der Waals surface area contributed by atoms with Crippen LogP contribution in [0.1, 0.15) is 16.1 Å². The number of nitrogens with one attached hydrogen (secondary N) is 1. The van der Waals surface area contributed by atoms with Gasteiger partial charge in [-0.25, -0.2) is 9.07 Å². The standard InChI is InChI=1S/C24H17FN4O5/c25-19-7-2-1-6-18(19)20-12-21(28(27-20)16-4-3-5-17(11-16)29(31)32)24(30)26-13-15-8-9-22-23(10-15)34-14-33-22/h1-12H,13-14H2,(H,26,30). The Labute approximate surface area is 192 Å². The zero-order chi connectivity index (χ0) is 23.7. The monoisotopic (exact) mass is 460 g/mol. The fourth-order valence-corrected chi connectivity index (χ4v) is 3.60. The van der Waals surface area contributed by atoms with Gasteiger partial charge in [0.25, 0.3) is 11.6 Å². The summed E-state index contributed by atoms with van der Waals surface area (Å²) >= 11 is 0. The quantitative estimate of drug-likeness (QED) is 0.341. The van der Waals surface area contributed by atoms with Crippen molar-refractivity contribution in [3.63, 3.8) is 0 Å². The molecule has 5 rings (SSSR count). The Kier molecular flexibility index (Phi) is 5.38. The summed E-state index contributed by atoms with van der Waals surface area (Å²) in [5, 5.41) is 18.4. The summed E-state index contributed by atoms with van der Waals surface area (Å²) in [7, 11) is 0. The Bertz CT molecular complexity index is 1420. The van der Waals surface area contributed by atoms with Crippen molar-refractivity contribution in [1.29, 1.82) is 0 Å². The lowest BCUT2D eigenvalue weighted by molar-refractivity contribution is -0.384. The molecular formula is C24H17FN4O5. The molecule has 0 unspecified atom stereocenters. The summed E-state index contributed by atoms with van der Waals surface area (Å²) in [6.45, 7) is 0.330. The molecule has 0 aliphatic carbocycles. The predicted octanol–water partition coefficient (Wildman–Crippen LogP) is 4.25. The van der Waals surface area contributed by atoms with Gasteiger partial charge in [0.05, 0.1) is 16.3 Å². The van der Waals surface area contributed by atoms with Crippen molar-refractivity contribution in [3.05, 3.63) is 100.0 Å². The topological polar surface area (TPSA) is 109 Å². The van der Waals surface area contributed by atoms with Gasteiger partial charge in [0.1, 0.15) is 11.5 Å². The Balaban J connectivity index is 1.49. The Morgan fingerprint density at radius 2 is 1.88 bits per heavy atom. The Morgan fingerprint density at radius 1 is 1.06 bits per heavy atom. The number of rotatable bonds is 6. The third-order valence-corrected chi connectivity index (χ3v) is 5.27. The largest absolute Gasteiger partial charge is 0.454 e. The van der Waals surface area contributed by atoms with Crippen molar-refractivity contribution in [1.82, 2.24) is 15.1 Å². The fraction of sp³-hybridized carbons (Fsp3) is 0.0833. The number of non-ortho nitro benzene ring substituents is 1. The molecule has 1 aromatic heterocycles. The average Bonchev–Trinajstić information content (AvgIpc) is 3.50. The van der Waals surface area contributed by atoms with Gasteiger partial charge in [-0.1, -0.05) is 24.3 Å². The smallest absolute Gasteiger partial charge is 0.271 e. The number of fused-ring (bicyclic) bond motifs is 1. The molecule has 170 valence electrons. The average molecular weight is 460 g/mol. The van der Waals surface area contributed by atoms with Gasteiger partial charge in [-0.15, -0.1) is 0 Å². The molecule has 9 nitrogen and oxygen atoms in total. The van der Waals surface area contributed by atoms with Crippen LogP contribution in [-0.4, -0.2) is 27.4 Å². The van der Waals surface area contributed by atoms with Gasteiger partial charge < -0.3 is 14.8 Å². The normalized spacial score (nSPS) is 11.9. The van der Waals surface area contributed by atoms with Crippen LogP contribution in [-0.2, 0) is 6.54 Å².